The Bertz CT molecular complexity index is 581. The third kappa shape index (κ3) is 6.38. The zero-order valence-electron chi connectivity index (χ0n) is 14.0. The van der Waals surface area contributed by atoms with E-state index in [2.05, 4.69) is 15.5 Å². The van der Waals surface area contributed by atoms with Crippen molar-refractivity contribution in [2.75, 3.05) is 13.2 Å². The summed E-state index contributed by atoms with van der Waals surface area (Å²) in [5.74, 6) is 2.07. The molecule has 0 spiro atoms. The fourth-order valence-electron chi connectivity index (χ4n) is 2.07. The summed E-state index contributed by atoms with van der Waals surface area (Å²) in [7, 11) is 0. The third-order valence-electron chi connectivity index (χ3n) is 3.32. The quantitative estimate of drug-likeness (QED) is 0.735. The maximum Gasteiger partial charge on any atom is 0.226 e. The number of aliphatic hydroxyl groups is 1. The summed E-state index contributed by atoms with van der Waals surface area (Å²) in [6.07, 6.45) is 1.04. The molecule has 2 aromatic rings. The molecule has 0 amide bonds. The van der Waals surface area contributed by atoms with Gasteiger partial charge in [0.1, 0.15) is 18.5 Å². The van der Waals surface area contributed by atoms with Crippen LogP contribution in [0.4, 0.5) is 0 Å². The van der Waals surface area contributed by atoms with E-state index in [4.69, 9.17) is 9.26 Å². The number of hydrogen-bond donors (Lipinski definition) is 2. The van der Waals surface area contributed by atoms with Gasteiger partial charge in [-0.05, 0) is 31.0 Å². The molecule has 1 aromatic carbocycles. The molecule has 0 fully saturated rings. The molecular formula is C17H25N3O3. The molecule has 0 saturated heterocycles. The summed E-state index contributed by atoms with van der Waals surface area (Å²) in [6, 6.07) is 8.20. The smallest absolute Gasteiger partial charge is 0.226 e. The van der Waals surface area contributed by atoms with E-state index in [-0.39, 0.29) is 6.61 Å². The highest BCUT2D eigenvalue weighted by Gasteiger charge is 2.07. The minimum Gasteiger partial charge on any atom is -0.491 e. The van der Waals surface area contributed by atoms with Crippen molar-refractivity contribution in [3.63, 3.8) is 0 Å². The number of aromatic nitrogens is 2. The number of rotatable bonds is 9. The third-order valence-corrected chi connectivity index (χ3v) is 3.32. The van der Waals surface area contributed by atoms with Crippen molar-refractivity contribution >= 4 is 0 Å². The van der Waals surface area contributed by atoms with Gasteiger partial charge in [0.25, 0.3) is 0 Å². The van der Waals surface area contributed by atoms with E-state index in [1.54, 1.807) is 0 Å². The standard InChI is InChI=1S/C17H25N3O3/c1-12(2)18-10-15(21)11-22-16-7-4-14(5-8-16)6-9-17-19-13(3)20-23-17/h4-5,7-8,12,15,18,21H,6,9-11H2,1-3H3/t15-/m0/s1. The van der Waals surface area contributed by atoms with Crippen LogP contribution < -0.4 is 10.1 Å². The average molecular weight is 319 g/mol. The molecule has 0 saturated carbocycles. The van der Waals surface area contributed by atoms with Crippen molar-refractivity contribution in [2.45, 2.75) is 45.8 Å². The number of nitrogens with zero attached hydrogens (tertiary/aromatic N) is 2. The van der Waals surface area contributed by atoms with Gasteiger partial charge in [-0.1, -0.05) is 31.1 Å². The highest BCUT2D eigenvalue weighted by molar-refractivity contribution is 5.27. The molecule has 0 unspecified atom stereocenters. The van der Waals surface area contributed by atoms with Crippen LogP contribution in [0, 0.1) is 6.92 Å². The number of ether oxygens (including phenoxy) is 1. The number of nitrogens with one attached hydrogen (secondary N) is 1. The van der Waals surface area contributed by atoms with Gasteiger partial charge in [0, 0.05) is 19.0 Å². The van der Waals surface area contributed by atoms with Gasteiger partial charge in [-0.15, -0.1) is 0 Å². The molecular weight excluding hydrogens is 294 g/mol. The molecule has 1 heterocycles. The lowest BCUT2D eigenvalue weighted by molar-refractivity contribution is 0.104. The van der Waals surface area contributed by atoms with Crippen LogP contribution in [0.15, 0.2) is 28.8 Å². The lowest BCUT2D eigenvalue weighted by atomic mass is 10.1. The Morgan fingerprint density at radius 1 is 1.22 bits per heavy atom. The van der Waals surface area contributed by atoms with Crippen LogP contribution in [0.2, 0.25) is 0 Å². The molecule has 6 heteroatoms. The van der Waals surface area contributed by atoms with Crippen LogP contribution in [0.25, 0.3) is 0 Å². The number of hydrogen-bond acceptors (Lipinski definition) is 6. The van der Waals surface area contributed by atoms with Gasteiger partial charge in [0.05, 0.1) is 0 Å². The van der Waals surface area contributed by atoms with E-state index in [1.165, 1.54) is 5.56 Å². The van der Waals surface area contributed by atoms with Crippen molar-refractivity contribution in [2.24, 2.45) is 0 Å². The first kappa shape index (κ1) is 17.4. The fourth-order valence-corrected chi connectivity index (χ4v) is 2.07. The highest BCUT2D eigenvalue weighted by Crippen LogP contribution is 2.14. The minimum absolute atomic E-state index is 0.278. The van der Waals surface area contributed by atoms with Gasteiger partial charge < -0.3 is 19.7 Å². The van der Waals surface area contributed by atoms with Crippen LogP contribution in [0.5, 0.6) is 5.75 Å². The van der Waals surface area contributed by atoms with Gasteiger partial charge in [-0.2, -0.15) is 4.98 Å². The minimum atomic E-state index is -0.516. The maximum absolute atomic E-state index is 9.82. The molecule has 0 aliphatic carbocycles. The van der Waals surface area contributed by atoms with Crippen LogP contribution >= 0.6 is 0 Å². The second kappa shape index (κ2) is 8.64. The van der Waals surface area contributed by atoms with Gasteiger partial charge in [-0.3, -0.25) is 0 Å². The molecule has 2 N–H and O–H groups in total. The SMILES string of the molecule is Cc1noc(CCc2ccc(OC[C@@H](O)CNC(C)C)cc2)n1. The molecule has 6 nitrogen and oxygen atoms in total. The molecule has 0 aliphatic rings. The molecule has 126 valence electrons. The van der Waals surface area contributed by atoms with Gasteiger partial charge >= 0.3 is 0 Å². The first-order chi connectivity index (χ1) is 11.0. The Morgan fingerprint density at radius 2 is 1.96 bits per heavy atom. The zero-order valence-corrected chi connectivity index (χ0v) is 14.0. The van der Waals surface area contributed by atoms with Crippen molar-refractivity contribution in [3.05, 3.63) is 41.5 Å². The Hall–Kier alpha value is -1.92. The largest absolute Gasteiger partial charge is 0.491 e. The van der Waals surface area contributed by atoms with Crippen molar-refractivity contribution < 1.29 is 14.4 Å². The summed E-state index contributed by atoms with van der Waals surface area (Å²) in [6.45, 7) is 6.70. The fraction of sp³-hybridized carbons (Fsp3) is 0.529. The first-order valence-corrected chi connectivity index (χ1v) is 7.95. The summed E-state index contributed by atoms with van der Waals surface area (Å²) in [5, 5.41) is 16.8. The molecule has 1 atom stereocenters. The number of aliphatic hydroxyl groups excluding tert-OH is 1. The summed E-state index contributed by atoms with van der Waals surface area (Å²) in [4.78, 5) is 4.19. The second-order valence-corrected chi connectivity index (χ2v) is 5.91. The Balaban J connectivity index is 1.73. The van der Waals surface area contributed by atoms with Crippen molar-refractivity contribution in [1.82, 2.24) is 15.5 Å². The predicted molar refractivity (Wildman–Crippen MR) is 87.5 cm³/mol. The van der Waals surface area contributed by atoms with Crippen molar-refractivity contribution in [3.8, 4) is 5.75 Å². The zero-order chi connectivity index (χ0) is 16.7. The van der Waals surface area contributed by atoms with Crippen LogP contribution in [-0.2, 0) is 12.8 Å². The Kier molecular flexibility index (Phi) is 6.55. The Labute approximate surface area is 136 Å². The molecule has 2 rings (SSSR count). The molecule has 23 heavy (non-hydrogen) atoms. The van der Waals surface area contributed by atoms with Crippen LogP contribution in [0.1, 0.15) is 31.1 Å². The van der Waals surface area contributed by atoms with E-state index in [0.29, 0.717) is 24.3 Å². The monoisotopic (exact) mass is 319 g/mol. The predicted octanol–water partition coefficient (Wildman–Crippen LogP) is 1.90. The number of benzene rings is 1. The first-order valence-electron chi connectivity index (χ1n) is 7.95. The molecule has 1 aromatic heterocycles. The molecule has 0 radical (unpaired) electrons. The van der Waals surface area contributed by atoms with Gasteiger partial charge in [-0.25, -0.2) is 0 Å². The van der Waals surface area contributed by atoms with Gasteiger partial charge in [0.2, 0.25) is 5.89 Å². The van der Waals surface area contributed by atoms with Crippen molar-refractivity contribution in [1.29, 1.82) is 0 Å². The van der Waals surface area contributed by atoms with Crippen LogP contribution in [0.3, 0.4) is 0 Å². The highest BCUT2D eigenvalue weighted by atomic mass is 16.5. The lowest BCUT2D eigenvalue weighted by Gasteiger charge is -2.15. The second-order valence-electron chi connectivity index (χ2n) is 5.91. The van der Waals surface area contributed by atoms with E-state index in [9.17, 15) is 5.11 Å². The van der Waals surface area contributed by atoms with E-state index < -0.39 is 6.10 Å². The topological polar surface area (TPSA) is 80.4 Å². The van der Waals surface area contributed by atoms with Gasteiger partial charge in [0.15, 0.2) is 5.82 Å². The van der Waals surface area contributed by atoms with E-state index in [1.807, 2.05) is 45.0 Å². The average Bonchev–Trinajstić information content (AvgIpc) is 2.95. The molecule has 0 aliphatic heterocycles. The maximum atomic E-state index is 9.82. The number of aryl methyl sites for hydroxylation is 3. The van der Waals surface area contributed by atoms with E-state index >= 15 is 0 Å². The summed E-state index contributed by atoms with van der Waals surface area (Å²) in [5.41, 5.74) is 1.18. The van der Waals surface area contributed by atoms with Crippen LogP contribution in [-0.4, -0.2) is 40.5 Å². The summed E-state index contributed by atoms with van der Waals surface area (Å²) >= 11 is 0. The normalized spacial score (nSPS) is 12.6. The summed E-state index contributed by atoms with van der Waals surface area (Å²) < 4.78 is 10.7. The Morgan fingerprint density at radius 3 is 2.57 bits per heavy atom. The molecule has 0 bridgehead atoms. The van der Waals surface area contributed by atoms with E-state index in [0.717, 1.165) is 18.6 Å². The lowest BCUT2D eigenvalue weighted by Crippen LogP contribution is -2.35.